The molecule has 0 atom stereocenters. The Bertz CT molecular complexity index is 725. The van der Waals surface area contributed by atoms with Crippen molar-refractivity contribution < 1.29 is 14.3 Å². The summed E-state index contributed by atoms with van der Waals surface area (Å²) < 4.78 is 5.57. The number of amides is 2. The van der Waals surface area contributed by atoms with Crippen LogP contribution >= 0.6 is 0 Å². The van der Waals surface area contributed by atoms with Gasteiger partial charge in [-0.1, -0.05) is 0 Å². The lowest BCUT2D eigenvalue weighted by molar-refractivity contribution is -0.116. The van der Waals surface area contributed by atoms with E-state index < -0.39 is 0 Å². The van der Waals surface area contributed by atoms with Gasteiger partial charge >= 0.3 is 0 Å². The summed E-state index contributed by atoms with van der Waals surface area (Å²) >= 11 is 0. The van der Waals surface area contributed by atoms with Crippen LogP contribution in [-0.2, 0) is 9.59 Å². The van der Waals surface area contributed by atoms with Crippen molar-refractivity contribution in [3.05, 3.63) is 48.5 Å². The molecule has 0 heterocycles. The van der Waals surface area contributed by atoms with Gasteiger partial charge in [-0.25, -0.2) is 0 Å². The van der Waals surface area contributed by atoms with Crippen LogP contribution in [0.2, 0.25) is 0 Å². The van der Waals surface area contributed by atoms with E-state index in [0.29, 0.717) is 13.0 Å². The molecule has 26 heavy (non-hydrogen) atoms. The molecule has 138 valence electrons. The van der Waals surface area contributed by atoms with Gasteiger partial charge in [-0.2, -0.15) is 0 Å². The minimum atomic E-state index is -0.105. The monoisotopic (exact) mass is 355 g/mol. The van der Waals surface area contributed by atoms with Gasteiger partial charge in [-0.15, -0.1) is 0 Å². The van der Waals surface area contributed by atoms with Crippen LogP contribution in [0.5, 0.6) is 5.75 Å². The molecular formula is C20H25N3O3. The molecule has 2 rings (SSSR count). The topological polar surface area (TPSA) is 79.5 Å². The molecule has 0 fully saturated rings. The molecule has 0 aromatic heterocycles. The normalized spacial score (nSPS) is 10.3. The van der Waals surface area contributed by atoms with Crippen LogP contribution in [0.1, 0.15) is 27.2 Å². The summed E-state index contributed by atoms with van der Waals surface area (Å²) in [6.07, 6.45) is 0.464. The van der Waals surface area contributed by atoms with Crippen LogP contribution in [0.25, 0.3) is 0 Å². The predicted octanol–water partition coefficient (Wildman–Crippen LogP) is 3.87. The number of ether oxygens (including phenoxy) is 1. The first-order chi connectivity index (χ1) is 12.4. The molecule has 0 saturated carbocycles. The lowest BCUT2D eigenvalue weighted by Gasteiger charge is -2.11. The summed E-state index contributed by atoms with van der Waals surface area (Å²) in [5.41, 5.74) is 2.37. The SMILES string of the molecule is CC(=O)Nc1ccc(NCCC(=O)Nc2ccc(OC(C)C)cc2)cc1. The number of hydrogen-bond acceptors (Lipinski definition) is 4. The Hall–Kier alpha value is -3.02. The Morgan fingerprint density at radius 3 is 2.00 bits per heavy atom. The number of anilines is 3. The molecule has 3 N–H and O–H groups in total. The van der Waals surface area contributed by atoms with Gasteiger partial charge in [0.1, 0.15) is 5.75 Å². The number of benzene rings is 2. The largest absolute Gasteiger partial charge is 0.491 e. The Morgan fingerprint density at radius 1 is 0.885 bits per heavy atom. The predicted molar refractivity (Wildman–Crippen MR) is 105 cm³/mol. The molecule has 2 amide bonds. The smallest absolute Gasteiger partial charge is 0.226 e. The number of rotatable bonds is 8. The molecule has 6 nitrogen and oxygen atoms in total. The van der Waals surface area contributed by atoms with E-state index in [9.17, 15) is 9.59 Å². The Morgan fingerprint density at radius 2 is 1.42 bits per heavy atom. The van der Waals surface area contributed by atoms with E-state index >= 15 is 0 Å². The lowest BCUT2D eigenvalue weighted by atomic mass is 10.2. The molecule has 0 aliphatic heterocycles. The molecule has 0 radical (unpaired) electrons. The minimum absolute atomic E-state index is 0.0649. The van der Waals surface area contributed by atoms with Gasteiger partial charge in [0, 0.05) is 37.0 Å². The molecule has 0 aliphatic rings. The molecule has 2 aromatic rings. The quantitative estimate of drug-likeness (QED) is 0.671. The van der Waals surface area contributed by atoms with Crippen molar-refractivity contribution in [1.29, 1.82) is 0 Å². The maximum absolute atomic E-state index is 12.0. The molecule has 0 aliphatic carbocycles. The summed E-state index contributed by atoms with van der Waals surface area (Å²) in [4.78, 5) is 23.0. The Labute approximate surface area is 153 Å². The standard InChI is InChI=1S/C20H25N3O3/c1-14(2)26-19-10-8-18(9-11-19)23-20(25)12-13-21-16-4-6-17(7-5-16)22-15(3)24/h4-11,14,21H,12-13H2,1-3H3,(H,22,24)(H,23,25). The van der Waals surface area contributed by atoms with Gasteiger partial charge < -0.3 is 20.7 Å². The van der Waals surface area contributed by atoms with Crippen LogP contribution in [-0.4, -0.2) is 24.5 Å². The summed E-state index contributed by atoms with van der Waals surface area (Å²) in [5.74, 6) is 0.610. The Kier molecular flexibility index (Phi) is 7.02. The lowest BCUT2D eigenvalue weighted by Crippen LogP contribution is -2.16. The summed E-state index contributed by atoms with van der Waals surface area (Å²) in [6.45, 7) is 5.92. The highest BCUT2D eigenvalue weighted by atomic mass is 16.5. The van der Waals surface area contributed by atoms with Crippen LogP contribution in [0.4, 0.5) is 17.1 Å². The second-order valence-corrected chi connectivity index (χ2v) is 6.17. The highest BCUT2D eigenvalue weighted by Crippen LogP contribution is 2.17. The third kappa shape index (κ3) is 6.84. The summed E-state index contributed by atoms with van der Waals surface area (Å²) in [5, 5.41) is 8.74. The fourth-order valence-corrected chi connectivity index (χ4v) is 2.31. The van der Waals surface area contributed by atoms with Gasteiger partial charge in [0.15, 0.2) is 0 Å². The minimum Gasteiger partial charge on any atom is -0.491 e. The van der Waals surface area contributed by atoms with Crippen molar-refractivity contribution in [2.45, 2.75) is 33.3 Å². The molecule has 0 bridgehead atoms. The zero-order chi connectivity index (χ0) is 18.9. The number of hydrogen-bond donors (Lipinski definition) is 3. The van der Waals surface area contributed by atoms with E-state index in [1.54, 1.807) is 0 Å². The maximum atomic E-state index is 12.0. The molecular weight excluding hydrogens is 330 g/mol. The van der Waals surface area contributed by atoms with Gasteiger partial charge in [0.25, 0.3) is 0 Å². The van der Waals surface area contributed by atoms with E-state index in [1.165, 1.54) is 6.92 Å². The first-order valence-corrected chi connectivity index (χ1v) is 8.60. The van der Waals surface area contributed by atoms with E-state index in [0.717, 1.165) is 22.8 Å². The average molecular weight is 355 g/mol. The second-order valence-electron chi connectivity index (χ2n) is 6.17. The van der Waals surface area contributed by atoms with Crippen LogP contribution < -0.4 is 20.7 Å². The van der Waals surface area contributed by atoms with E-state index in [4.69, 9.17) is 4.74 Å². The fraction of sp³-hybridized carbons (Fsp3) is 0.300. The van der Waals surface area contributed by atoms with Crippen molar-refractivity contribution >= 4 is 28.9 Å². The van der Waals surface area contributed by atoms with Crippen molar-refractivity contribution in [2.24, 2.45) is 0 Å². The van der Waals surface area contributed by atoms with E-state index in [1.807, 2.05) is 62.4 Å². The number of nitrogens with one attached hydrogen (secondary N) is 3. The molecule has 2 aromatic carbocycles. The van der Waals surface area contributed by atoms with Gasteiger partial charge in [-0.3, -0.25) is 9.59 Å². The van der Waals surface area contributed by atoms with E-state index in [2.05, 4.69) is 16.0 Å². The molecule has 0 spiro atoms. The summed E-state index contributed by atoms with van der Waals surface area (Å²) in [6, 6.07) is 14.7. The van der Waals surface area contributed by atoms with Crippen molar-refractivity contribution in [3.8, 4) is 5.75 Å². The zero-order valence-electron chi connectivity index (χ0n) is 15.3. The van der Waals surface area contributed by atoms with Crippen LogP contribution in [0.3, 0.4) is 0 Å². The van der Waals surface area contributed by atoms with Crippen molar-refractivity contribution in [3.63, 3.8) is 0 Å². The van der Waals surface area contributed by atoms with Gasteiger partial charge in [0.05, 0.1) is 6.10 Å². The van der Waals surface area contributed by atoms with Crippen LogP contribution in [0, 0.1) is 0 Å². The molecule has 0 saturated heterocycles. The highest BCUT2D eigenvalue weighted by molar-refractivity contribution is 5.91. The van der Waals surface area contributed by atoms with Crippen molar-refractivity contribution in [2.75, 3.05) is 22.5 Å². The maximum Gasteiger partial charge on any atom is 0.226 e. The first kappa shape index (κ1) is 19.3. The van der Waals surface area contributed by atoms with E-state index in [-0.39, 0.29) is 17.9 Å². The Balaban J connectivity index is 1.74. The average Bonchev–Trinajstić information content (AvgIpc) is 2.57. The number of carbonyl (C=O) groups is 2. The second kappa shape index (κ2) is 9.46. The van der Waals surface area contributed by atoms with Gasteiger partial charge in [0.2, 0.25) is 11.8 Å². The number of carbonyl (C=O) groups excluding carboxylic acids is 2. The van der Waals surface area contributed by atoms with Gasteiger partial charge in [-0.05, 0) is 62.4 Å². The fourth-order valence-electron chi connectivity index (χ4n) is 2.31. The zero-order valence-corrected chi connectivity index (χ0v) is 15.3. The third-order valence-corrected chi connectivity index (χ3v) is 3.40. The summed E-state index contributed by atoms with van der Waals surface area (Å²) in [7, 11) is 0. The molecule has 0 unspecified atom stereocenters. The first-order valence-electron chi connectivity index (χ1n) is 8.60. The molecule has 6 heteroatoms. The van der Waals surface area contributed by atoms with Crippen molar-refractivity contribution in [1.82, 2.24) is 0 Å². The third-order valence-electron chi connectivity index (χ3n) is 3.40. The highest BCUT2D eigenvalue weighted by Gasteiger charge is 2.04. The van der Waals surface area contributed by atoms with Crippen LogP contribution in [0.15, 0.2) is 48.5 Å².